The van der Waals surface area contributed by atoms with Crippen molar-refractivity contribution in [2.24, 2.45) is 7.05 Å². The van der Waals surface area contributed by atoms with E-state index in [4.69, 9.17) is 16.6 Å². The fourth-order valence-corrected chi connectivity index (χ4v) is 4.10. The number of nitrogens with one attached hydrogen (secondary N) is 1. The molecule has 1 fully saturated rings. The van der Waals surface area contributed by atoms with Gasteiger partial charge in [0.1, 0.15) is 5.82 Å². The number of halogens is 1. The Morgan fingerprint density at radius 1 is 1.23 bits per heavy atom. The maximum absolute atomic E-state index is 13.2. The van der Waals surface area contributed by atoms with E-state index in [1.165, 1.54) is 0 Å². The Bertz CT molecular complexity index is 974. The minimum Gasteiger partial charge on any atom is -0.346 e. The number of hydrogen-bond donors (Lipinski definition) is 1. The van der Waals surface area contributed by atoms with Gasteiger partial charge in [-0.1, -0.05) is 42.3 Å². The molecule has 1 aliphatic carbocycles. The largest absolute Gasteiger partial charge is 0.346 e. The van der Waals surface area contributed by atoms with Crippen molar-refractivity contribution < 1.29 is 4.79 Å². The molecule has 2 aromatic carbocycles. The summed E-state index contributed by atoms with van der Waals surface area (Å²) in [5.74, 6) is 0.922. The average molecular weight is 368 g/mol. The number of benzene rings is 2. The smallest absolute Gasteiger partial charge is 0.231 e. The summed E-state index contributed by atoms with van der Waals surface area (Å²) in [7, 11) is 1.99. The first-order chi connectivity index (χ1) is 12.5. The van der Waals surface area contributed by atoms with Gasteiger partial charge in [0.15, 0.2) is 0 Å². The van der Waals surface area contributed by atoms with Gasteiger partial charge in [-0.2, -0.15) is 0 Å². The molecule has 4 rings (SSSR count). The number of fused-ring (bicyclic) bond motifs is 1. The van der Waals surface area contributed by atoms with Gasteiger partial charge in [0.25, 0.3) is 0 Å². The van der Waals surface area contributed by atoms with Gasteiger partial charge < -0.3 is 9.88 Å². The van der Waals surface area contributed by atoms with E-state index in [0.717, 1.165) is 41.7 Å². The SMILES string of the molecule is CC(NC(=O)C1(c2cccc(Cl)c2)CCC1)c1nc2ccccc2n1C. The zero-order valence-corrected chi connectivity index (χ0v) is 15.8. The molecule has 0 saturated heterocycles. The first-order valence-electron chi connectivity index (χ1n) is 9.00. The van der Waals surface area contributed by atoms with Gasteiger partial charge in [-0.3, -0.25) is 4.79 Å². The van der Waals surface area contributed by atoms with E-state index in [1.54, 1.807) is 0 Å². The van der Waals surface area contributed by atoms with E-state index in [0.29, 0.717) is 5.02 Å². The molecule has 3 aromatic rings. The summed E-state index contributed by atoms with van der Waals surface area (Å²) < 4.78 is 2.05. The standard InChI is InChI=1S/C21H22ClN3O/c1-14(19-24-17-9-3-4-10-18(17)25(19)2)23-20(26)21(11-6-12-21)15-7-5-8-16(22)13-15/h3-5,7-10,13-14H,6,11-12H2,1-2H3,(H,23,26). The molecule has 1 aliphatic rings. The van der Waals surface area contributed by atoms with Gasteiger partial charge in [0.2, 0.25) is 5.91 Å². The monoisotopic (exact) mass is 367 g/mol. The number of carbonyl (C=O) groups is 1. The minimum absolute atomic E-state index is 0.0607. The van der Waals surface area contributed by atoms with Crippen LogP contribution in [0.25, 0.3) is 11.0 Å². The predicted molar refractivity (Wildman–Crippen MR) is 104 cm³/mol. The lowest BCUT2D eigenvalue weighted by Gasteiger charge is -2.41. The summed E-state index contributed by atoms with van der Waals surface area (Å²) in [6.07, 6.45) is 2.77. The highest BCUT2D eigenvalue weighted by Crippen LogP contribution is 2.45. The van der Waals surface area contributed by atoms with Crippen molar-refractivity contribution >= 4 is 28.5 Å². The summed E-state index contributed by atoms with van der Waals surface area (Å²) in [6, 6.07) is 15.5. The van der Waals surface area contributed by atoms with E-state index < -0.39 is 5.41 Å². The molecule has 1 atom stereocenters. The summed E-state index contributed by atoms with van der Waals surface area (Å²) >= 11 is 6.16. The van der Waals surface area contributed by atoms with Crippen LogP contribution in [0.4, 0.5) is 0 Å². The second-order valence-corrected chi connectivity index (χ2v) is 7.60. The van der Waals surface area contributed by atoms with E-state index in [2.05, 4.69) is 5.32 Å². The Labute approximate surface area is 158 Å². The first kappa shape index (κ1) is 17.1. The topological polar surface area (TPSA) is 46.9 Å². The highest BCUT2D eigenvalue weighted by molar-refractivity contribution is 6.30. The second kappa shape index (κ2) is 6.44. The molecule has 134 valence electrons. The number of carbonyl (C=O) groups excluding carboxylic acids is 1. The number of nitrogens with zero attached hydrogens (tertiary/aromatic N) is 2. The molecule has 1 N–H and O–H groups in total. The van der Waals surface area contributed by atoms with Crippen LogP contribution in [-0.2, 0) is 17.3 Å². The number of hydrogen-bond acceptors (Lipinski definition) is 2. The summed E-state index contributed by atoms with van der Waals surface area (Å²) in [6.45, 7) is 1.99. The van der Waals surface area contributed by atoms with E-state index in [1.807, 2.05) is 67.1 Å². The average Bonchev–Trinajstić information content (AvgIpc) is 2.91. The summed E-state index contributed by atoms with van der Waals surface area (Å²) in [5.41, 5.74) is 2.55. The Balaban J connectivity index is 1.61. The zero-order valence-electron chi connectivity index (χ0n) is 15.0. The van der Waals surface area contributed by atoms with Crippen LogP contribution in [-0.4, -0.2) is 15.5 Å². The van der Waals surface area contributed by atoms with Crippen molar-refractivity contribution in [2.45, 2.75) is 37.6 Å². The highest BCUT2D eigenvalue weighted by atomic mass is 35.5. The maximum atomic E-state index is 13.2. The molecule has 5 heteroatoms. The molecule has 1 saturated carbocycles. The molecule has 0 spiro atoms. The maximum Gasteiger partial charge on any atom is 0.231 e. The Morgan fingerprint density at radius 2 is 2.00 bits per heavy atom. The van der Waals surface area contributed by atoms with Crippen LogP contribution >= 0.6 is 11.6 Å². The molecule has 0 radical (unpaired) electrons. The number of rotatable bonds is 4. The third-order valence-corrected chi connectivity index (χ3v) is 5.81. The van der Waals surface area contributed by atoms with Crippen LogP contribution in [0, 0.1) is 0 Å². The van der Waals surface area contributed by atoms with Gasteiger partial charge in [0, 0.05) is 12.1 Å². The molecule has 1 unspecified atom stereocenters. The molecule has 0 aliphatic heterocycles. The molecular weight excluding hydrogens is 346 g/mol. The minimum atomic E-state index is -0.469. The van der Waals surface area contributed by atoms with Gasteiger partial charge in [-0.15, -0.1) is 0 Å². The molecular formula is C21H22ClN3O. The summed E-state index contributed by atoms with van der Waals surface area (Å²) in [5, 5.41) is 3.86. The van der Waals surface area contributed by atoms with Crippen molar-refractivity contribution in [3.05, 3.63) is 64.9 Å². The van der Waals surface area contributed by atoms with Crippen molar-refractivity contribution in [2.75, 3.05) is 0 Å². The zero-order chi connectivity index (χ0) is 18.3. The van der Waals surface area contributed by atoms with Crippen molar-refractivity contribution in [1.29, 1.82) is 0 Å². The summed E-state index contributed by atoms with van der Waals surface area (Å²) in [4.78, 5) is 17.9. The third kappa shape index (κ3) is 2.69. The van der Waals surface area contributed by atoms with Gasteiger partial charge in [0.05, 0.1) is 22.5 Å². The number of para-hydroxylation sites is 2. The number of aromatic nitrogens is 2. The number of aryl methyl sites for hydroxylation is 1. The lowest BCUT2D eigenvalue weighted by molar-refractivity contribution is -0.130. The van der Waals surface area contributed by atoms with Gasteiger partial charge >= 0.3 is 0 Å². The number of amides is 1. The highest BCUT2D eigenvalue weighted by Gasteiger charge is 2.46. The quantitative estimate of drug-likeness (QED) is 0.736. The van der Waals surface area contributed by atoms with Crippen LogP contribution in [0.15, 0.2) is 48.5 Å². The Kier molecular flexibility index (Phi) is 4.23. The fourth-order valence-electron chi connectivity index (χ4n) is 3.91. The third-order valence-electron chi connectivity index (χ3n) is 5.58. The van der Waals surface area contributed by atoms with E-state index in [9.17, 15) is 4.79 Å². The molecule has 4 nitrogen and oxygen atoms in total. The van der Waals surface area contributed by atoms with Crippen LogP contribution < -0.4 is 5.32 Å². The first-order valence-corrected chi connectivity index (χ1v) is 9.37. The lowest BCUT2D eigenvalue weighted by Crippen LogP contribution is -2.50. The van der Waals surface area contributed by atoms with E-state index in [-0.39, 0.29) is 11.9 Å². The predicted octanol–water partition coefficient (Wildman–Crippen LogP) is 4.53. The van der Waals surface area contributed by atoms with Crippen molar-refractivity contribution in [3.8, 4) is 0 Å². The Hall–Kier alpha value is -2.33. The molecule has 1 amide bonds. The Morgan fingerprint density at radius 3 is 2.65 bits per heavy atom. The number of imidazole rings is 1. The second-order valence-electron chi connectivity index (χ2n) is 7.16. The van der Waals surface area contributed by atoms with Crippen molar-refractivity contribution in [3.63, 3.8) is 0 Å². The normalized spacial score (nSPS) is 16.9. The molecule has 1 heterocycles. The van der Waals surface area contributed by atoms with Crippen molar-refractivity contribution in [1.82, 2.24) is 14.9 Å². The molecule has 0 bridgehead atoms. The van der Waals surface area contributed by atoms with Crippen LogP contribution in [0.1, 0.15) is 43.6 Å². The van der Waals surface area contributed by atoms with E-state index >= 15 is 0 Å². The molecule has 1 aromatic heterocycles. The lowest BCUT2D eigenvalue weighted by atomic mass is 9.63. The van der Waals surface area contributed by atoms with Crippen LogP contribution in [0.3, 0.4) is 0 Å². The molecule has 26 heavy (non-hydrogen) atoms. The fraction of sp³-hybridized carbons (Fsp3) is 0.333. The van der Waals surface area contributed by atoms with Gasteiger partial charge in [-0.05, 0) is 49.6 Å². The van der Waals surface area contributed by atoms with Gasteiger partial charge in [-0.25, -0.2) is 4.98 Å². The van der Waals surface area contributed by atoms with Crippen LogP contribution in [0.5, 0.6) is 0 Å². The van der Waals surface area contributed by atoms with Crippen LogP contribution in [0.2, 0.25) is 5.02 Å².